The topological polar surface area (TPSA) is 90.9 Å². The quantitative estimate of drug-likeness (QED) is 0.609. The predicted molar refractivity (Wildman–Crippen MR) is 105 cm³/mol. The van der Waals surface area contributed by atoms with Crippen molar-refractivity contribution in [1.82, 2.24) is 15.5 Å². The van der Waals surface area contributed by atoms with Crippen molar-refractivity contribution in [2.24, 2.45) is 4.40 Å². The average Bonchev–Trinajstić information content (AvgIpc) is 2.86. The van der Waals surface area contributed by atoms with Crippen molar-refractivity contribution in [3.63, 3.8) is 0 Å². The highest BCUT2D eigenvalue weighted by Crippen LogP contribution is 2.26. The molecule has 0 aliphatic carbocycles. The van der Waals surface area contributed by atoms with Crippen LogP contribution < -0.4 is 10.6 Å². The molecule has 1 amide bonds. The molecule has 0 fully saturated rings. The maximum atomic E-state index is 12.1. The zero-order chi connectivity index (χ0) is 18.3. The van der Waals surface area contributed by atoms with Gasteiger partial charge in [-0.15, -0.1) is 16.8 Å². The number of hydrogen-bond acceptors (Lipinski definition) is 5. The van der Waals surface area contributed by atoms with Crippen molar-refractivity contribution >= 4 is 34.2 Å². The lowest BCUT2D eigenvalue weighted by molar-refractivity contribution is -0.121. The predicted octanol–water partition coefficient (Wildman–Crippen LogP) is 1.39. The van der Waals surface area contributed by atoms with Crippen molar-refractivity contribution in [3.05, 3.63) is 29.8 Å². The molecule has 0 saturated heterocycles. The van der Waals surface area contributed by atoms with E-state index in [1.165, 1.54) is 0 Å². The molecule has 0 bridgehead atoms. The number of amides is 1. The second kappa shape index (κ2) is 10.5. The molecule has 1 aromatic rings. The molecule has 0 spiro atoms. The van der Waals surface area contributed by atoms with Crippen LogP contribution in [0.2, 0.25) is 0 Å². The van der Waals surface area contributed by atoms with E-state index in [1.807, 2.05) is 0 Å². The Kier molecular flexibility index (Phi) is 9.04. The van der Waals surface area contributed by atoms with E-state index < -0.39 is 10.0 Å². The molecular weight excluding hydrogens is 376 g/mol. The number of fused-ring (bicyclic) bond motifs is 1. The largest absolute Gasteiger partial charge is 0.358 e. The van der Waals surface area contributed by atoms with E-state index in [2.05, 4.69) is 22.0 Å². The zero-order valence-corrected chi connectivity index (χ0v) is 16.8. The Morgan fingerprint density at radius 3 is 2.65 bits per heavy atom. The fraction of sp³-hybridized carbons (Fsp3) is 0.529. The van der Waals surface area contributed by atoms with Gasteiger partial charge in [0.15, 0.2) is 0 Å². The summed E-state index contributed by atoms with van der Waals surface area (Å²) < 4.78 is 28.0. The Morgan fingerprint density at radius 2 is 1.92 bits per heavy atom. The number of halogens is 1. The van der Waals surface area contributed by atoms with Gasteiger partial charge in [-0.1, -0.05) is 19.1 Å². The van der Waals surface area contributed by atoms with Gasteiger partial charge in [-0.25, -0.2) is 0 Å². The maximum absolute atomic E-state index is 12.1. The second-order valence-corrected chi connectivity index (χ2v) is 7.58. The third-order valence-electron chi connectivity index (χ3n) is 3.92. The number of benzene rings is 1. The minimum Gasteiger partial charge on any atom is -0.358 e. The molecule has 7 nitrogen and oxygen atoms in total. The number of nitrogens with one attached hydrogen (secondary N) is 2. The molecule has 0 unspecified atom stereocenters. The number of rotatable bonds is 9. The maximum Gasteiger partial charge on any atom is 0.285 e. The molecule has 146 valence electrons. The monoisotopic (exact) mass is 402 g/mol. The minimum absolute atomic E-state index is 0. The number of carbonyl (C=O) groups excluding carboxylic acids is 1. The summed E-state index contributed by atoms with van der Waals surface area (Å²) in [6, 6.07) is 6.80. The van der Waals surface area contributed by atoms with Crippen LogP contribution in [0.5, 0.6) is 0 Å². The van der Waals surface area contributed by atoms with Crippen LogP contribution in [0.3, 0.4) is 0 Å². The number of carbonyl (C=O) groups is 1. The van der Waals surface area contributed by atoms with Gasteiger partial charge in [0, 0.05) is 38.7 Å². The van der Waals surface area contributed by atoms with Crippen molar-refractivity contribution in [3.8, 4) is 0 Å². The molecule has 0 aromatic heterocycles. The van der Waals surface area contributed by atoms with Crippen LogP contribution in [0, 0.1) is 0 Å². The first kappa shape index (κ1) is 22.4. The smallest absolute Gasteiger partial charge is 0.285 e. The van der Waals surface area contributed by atoms with Crippen LogP contribution in [-0.4, -0.2) is 58.3 Å². The lowest BCUT2D eigenvalue weighted by Gasteiger charge is -2.18. The second-order valence-electron chi connectivity index (χ2n) is 6.01. The van der Waals surface area contributed by atoms with Gasteiger partial charge >= 0.3 is 0 Å². The van der Waals surface area contributed by atoms with Crippen LogP contribution in [0.4, 0.5) is 0 Å². The van der Waals surface area contributed by atoms with Gasteiger partial charge in [0.05, 0.1) is 0 Å². The molecule has 1 heterocycles. The van der Waals surface area contributed by atoms with Crippen LogP contribution in [0.25, 0.3) is 0 Å². The Balaban J connectivity index is 0.00000338. The molecule has 0 saturated carbocycles. The highest BCUT2D eigenvalue weighted by Gasteiger charge is 2.30. The Labute approximate surface area is 161 Å². The summed E-state index contributed by atoms with van der Waals surface area (Å²) in [4.78, 5) is 13.8. The molecule has 9 heteroatoms. The lowest BCUT2D eigenvalue weighted by Crippen LogP contribution is -2.33. The molecule has 0 atom stereocenters. The van der Waals surface area contributed by atoms with E-state index in [0.717, 1.165) is 19.5 Å². The SMILES string of the molecule is CCCNCCNC(=O)CCCN(C)C1=NS(=O)(=O)c2ccccc21.Cl. The fourth-order valence-electron chi connectivity index (χ4n) is 2.63. The average molecular weight is 403 g/mol. The van der Waals surface area contributed by atoms with Gasteiger partial charge in [0.25, 0.3) is 10.0 Å². The highest BCUT2D eigenvalue weighted by atomic mass is 35.5. The first-order valence-electron chi connectivity index (χ1n) is 8.58. The first-order chi connectivity index (χ1) is 12.0. The molecule has 0 radical (unpaired) electrons. The third kappa shape index (κ3) is 5.96. The standard InChI is InChI=1S/C17H26N4O3S.ClH/c1-3-10-18-11-12-19-16(22)9-6-13-21(2)17-14-7-4-5-8-15(14)25(23,24)20-17;/h4-5,7-8,18H,3,6,9-13H2,1-2H3,(H,19,22);1H. The molecule has 2 rings (SSSR count). The van der Waals surface area contributed by atoms with Crippen molar-refractivity contribution < 1.29 is 13.2 Å². The van der Waals surface area contributed by atoms with Gasteiger partial charge in [0.2, 0.25) is 5.91 Å². The molecule has 1 aromatic carbocycles. The van der Waals surface area contributed by atoms with E-state index in [9.17, 15) is 13.2 Å². The van der Waals surface area contributed by atoms with Crippen molar-refractivity contribution in [2.45, 2.75) is 31.1 Å². The van der Waals surface area contributed by atoms with Gasteiger partial charge in [0.1, 0.15) is 10.7 Å². The molecule has 1 aliphatic rings. The summed E-state index contributed by atoms with van der Waals surface area (Å²) >= 11 is 0. The van der Waals surface area contributed by atoms with Gasteiger partial charge < -0.3 is 15.5 Å². The van der Waals surface area contributed by atoms with E-state index in [0.29, 0.717) is 37.3 Å². The number of nitrogens with zero attached hydrogens (tertiary/aromatic N) is 2. The Bertz CT molecular complexity index is 737. The van der Waals surface area contributed by atoms with E-state index in [-0.39, 0.29) is 23.2 Å². The summed E-state index contributed by atoms with van der Waals surface area (Å²) in [6.45, 7) is 5.00. The van der Waals surface area contributed by atoms with Gasteiger partial charge in [-0.2, -0.15) is 8.42 Å². The normalized spacial score (nSPS) is 14.2. The van der Waals surface area contributed by atoms with E-state index >= 15 is 0 Å². The van der Waals surface area contributed by atoms with Crippen LogP contribution in [0.1, 0.15) is 31.7 Å². The minimum atomic E-state index is -3.60. The first-order valence-corrected chi connectivity index (χ1v) is 10.0. The summed E-state index contributed by atoms with van der Waals surface area (Å²) in [5.41, 5.74) is 0.622. The Hall–Kier alpha value is -1.64. The number of sulfonamides is 1. The Morgan fingerprint density at radius 1 is 1.19 bits per heavy atom. The summed E-state index contributed by atoms with van der Waals surface area (Å²) in [7, 11) is -1.81. The number of hydrogen-bond donors (Lipinski definition) is 2. The molecule has 2 N–H and O–H groups in total. The van der Waals surface area contributed by atoms with Gasteiger partial charge in [-0.05, 0) is 31.5 Å². The highest BCUT2D eigenvalue weighted by molar-refractivity contribution is 7.90. The molecular formula is C17H27ClN4O3S. The molecule has 26 heavy (non-hydrogen) atoms. The van der Waals surface area contributed by atoms with Gasteiger partial charge in [-0.3, -0.25) is 4.79 Å². The lowest BCUT2D eigenvalue weighted by atomic mass is 10.2. The van der Waals surface area contributed by atoms with Crippen LogP contribution >= 0.6 is 12.4 Å². The van der Waals surface area contributed by atoms with Crippen LogP contribution in [0.15, 0.2) is 33.6 Å². The third-order valence-corrected chi connectivity index (χ3v) is 5.25. The fourth-order valence-corrected chi connectivity index (χ4v) is 3.88. The van der Waals surface area contributed by atoms with E-state index in [4.69, 9.17) is 0 Å². The van der Waals surface area contributed by atoms with Crippen molar-refractivity contribution in [2.75, 3.05) is 33.2 Å². The van der Waals surface area contributed by atoms with Crippen molar-refractivity contribution in [1.29, 1.82) is 0 Å². The zero-order valence-electron chi connectivity index (χ0n) is 15.2. The molecule has 1 aliphatic heterocycles. The summed E-state index contributed by atoms with van der Waals surface area (Å²) in [5.74, 6) is 0.452. The van der Waals surface area contributed by atoms with Crippen LogP contribution in [-0.2, 0) is 14.8 Å². The summed E-state index contributed by atoms with van der Waals surface area (Å²) in [5, 5.41) is 6.09. The summed E-state index contributed by atoms with van der Waals surface area (Å²) in [6.07, 6.45) is 2.11. The van der Waals surface area contributed by atoms with E-state index in [1.54, 1.807) is 36.2 Å². The number of amidine groups is 1.